The van der Waals surface area contributed by atoms with Crippen molar-refractivity contribution in [2.75, 3.05) is 6.54 Å². The molecule has 0 bridgehead atoms. The van der Waals surface area contributed by atoms with Gasteiger partial charge in [0.2, 0.25) is 5.91 Å². The van der Waals surface area contributed by atoms with Crippen LogP contribution in [0.2, 0.25) is 0 Å². The van der Waals surface area contributed by atoms with Crippen molar-refractivity contribution in [1.29, 1.82) is 0 Å². The molecule has 1 spiro atoms. The van der Waals surface area contributed by atoms with Gasteiger partial charge in [-0.25, -0.2) is 0 Å². The second-order valence-electron chi connectivity index (χ2n) is 7.23. The summed E-state index contributed by atoms with van der Waals surface area (Å²) >= 11 is 0. The van der Waals surface area contributed by atoms with Crippen molar-refractivity contribution < 1.29 is 4.79 Å². The fourth-order valence-corrected chi connectivity index (χ4v) is 4.39. The predicted molar refractivity (Wildman–Crippen MR) is 90.1 cm³/mol. The van der Waals surface area contributed by atoms with Crippen molar-refractivity contribution in [3.63, 3.8) is 0 Å². The van der Waals surface area contributed by atoms with Crippen LogP contribution in [0.25, 0.3) is 10.9 Å². The molecule has 2 aromatic rings. The standard InChI is InChI=1S/C19H22N2O2/c1-20-16-7-3-2-6-14(16)10-15(18(20)23)12-21-13-19(11-17(21)22)8-4-5-9-19/h2-3,6-7,10H,4-5,8-9,11-13H2,1H3. The Labute approximate surface area is 135 Å². The highest BCUT2D eigenvalue weighted by molar-refractivity contribution is 5.81. The Morgan fingerprint density at radius 1 is 1.13 bits per heavy atom. The minimum Gasteiger partial charge on any atom is -0.338 e. The molecule has 1 aromatic carbocycles. The molecule has 2 heterocycles. The Kier molecular flexibility index (Phi) is 3.29. The van der Waals surface area contributed by atoms with Gasteiger partial charge in [0.15, 0.2) is 0 Å². The van der Waals surface area contributed by atoms with Crippen molar-refractivity contribution in [3.8, 4) is 0 Å². The van der Waals surface area contributed by atoms with E-state index in [1.165, 1.54) is 12.8 Å². The van der Waals surface area contributed by atoms with Crippen molar-refractivity contribution in [1.82, 2.24) is 9.47 Å². The third kappa shape index (κ3) is 2.37. The first-order valence-corrected chi connectivity index (χ1v) is 8.43. The van der Waals surface area contributed by atoms with E-state index in [0.29, 0.717) is 13.0 Å². The van der Waals surface area contributed by atoms with E-state index in [4.69, 9.17) is 0 Å². The Balaban J connectivity index is 1.67. The number of hydrogen-bond donors (Lipinski definition) is 0. The number of hydrogen-bond acceptors (Lipinski definition) is 2. The highest BCUT2D eigenvalue weighted by Gasteiger charge is 2.44. The fourth-order valence-electron chi connectivity index (χ4n) is 4.39. The van der Waals surface area contributed by atoms with Gasteiger partial charge in [0.1, 0.15) is 0 Å². The monoisotopic (exact) mass is 310 g/mol. The molecule has 4 heteroatoms. The maximum atomic E-state index is 12.6. The molecule has 1 saturated carbocycles. The van der Waals surface area contributed by atoms with Gasteiger partial charge in [-0.2, -0.15) is 0 Å². The van der Waals surface area contributed by atoms with Crippen LogP contribution < -0.4 is 5.56 Å². The summed E-state index contributed by atoms with van der Waals surface area (Å²) in [4.78, 5) is 26.9. The molecule has 2 fully saturated rings. The largest absolute Gasteiger partial charge is 0.338 e. The minimum atomic E-state index is 0.00359. The Hall–Kier alpha value is -2.10. The van der Waals surface area contributed by atoms with Crippen LogP contribution >= 0.6 is 0 Å². The first-order valence-electron chi connectivity index (χ1n) is 8.43. The lowest BCUT2D eigenvalue weighted by molar-refractivity contribution is -0.128. The third-order valence-electron chi connectivity index (χ3n) is 5.64. The maximum absolute atomic E-state index is 12.6. The summed E-state index contributed by atoms with van der Waals surface area (Å²) in [6.45, 7) is 1.26. The van der Waals surface area contributed by atoms with Gasteiger partial charge in [0.05, 0.1) is 12.1 Å². The van der Waals surface area contributed by atoms with Crippen molar-refractivity contribution in [2.24, 2.45) is 12.5 Å². The summed E-state index contributed by atoms with van der Waals surface area (Å²) in [5.74, 6) is 0.210. The van der Waals surface area contributed by atoms with E-state index in [2.05, 4.69) is 0 Å². The molecular weight excluding hydrogens is 288 g/mol. The van der Waals surface area contributed by atoms with Crippen molar-refractivity contribution >= 4 is 16.8 Å². The van der Waals surface area contributed by atoms with Crippen molar-refractivity contribution in [2.45, 2.75) is 38.6 Å². The highest BCUT2D eigenvalue weighted by atomic mass is 16.2. The second kappa shape index (κ2) is 5.22. The zero-order valence-corrected chi connectivity index (χ0v) is 13.5. The van der Waals surface area contributed by atoms with E-state index in [1.54, 1.807) is 11.6 Å². The number of rotatable bonds is 2. The van der Waals surface area contributed by atoms with Crippen LogP contribution in [0.5, 0.6) is 0 Å². The lowest BCUT2D eigenvalue weighted by Gasteiger charge is -2.23. The molecule has 1 aliphatic heterocycles. The number of para-hydroxylation sites is 1. The second-order valence-corrected chi connectivity index (χ2v) is 7.23. The van der Waals surface area contributed by atoms with E-state index in [-0.39, 0.29) is 16.9 Å². The summed E-state index contributed by atoms with van der Waals surface area (Å²) in [5.41, 5.74) is 1.85. The molecule has 2 aliphatic rings. The molecule has 1 saturated heterocycles. The molecule has 4 nitrogen and oxygen atoms in total. The number of carbonyl (C=O) groups is 1. The number of fused-ring (bicyclic) bond motifs is 1. The molecular formula is C19H22N2O2. The number of likely N-dealkylation sites (tertiary alicyclic amines) is 1. The first kappa shape index (κ1) is 14.5. The van der Waals surface area contributed by atoms with Gasteiger partial charge < -0.3 is 9.47 Å². The SMILES string of the molecule is Cn1c(=O)c(CN2CC3(CCCC3)CC2=O)cc2ccccc21. The lowest BCUT2D eigenvalue weighted by Crippen LogP contribution is -2.31. The van der Waals surface area contributed by atoms with Gasteiger partial charge in [-0.05, 0) is 35.8 Å². The van der Waals surface area contributed by atoms with E-state index < -0.39 is 0 Å². The van der Waals surface area contributed by atoms with Crippen LogP contribution in [0.1, 0.15) is 37.7 Å². The molecule has 0 N–H and O–H groups in total. The number of aryl methyl sites for hydroxylation is 1. The van der Waals surface area contributed by atoms with Crippen LogP contribution in [0.3, 0.4) is 0 Å². The van der Waals surface area contributed by atoms with Gasteiger partial charge in [-0.15, -0.1) is 0 Å². The lowest BCUT2D eigenvalue weighted by atomic mass is 9.85. The number of aromatic nitrogens is 1. The topological polar surface area (TPSA) is 42.3 Å². The van der Waals surface area contributed by atoms with Crippen LogP contribution in [-0.4, -0.2) is 21.9 Å². The smallest absolute Gasteiger partial charge is 0.255 e. The van der Waals surface area contributed by atoms with Crippen molar-refractivity contribution in [3.05, 3.63) is 46.2 Å². The highest BCUT2D eigenvalue weighted by Crippen LogP contribution is 2.46. The zero-order chi connectivity index (χ0) is 16.0. The molecule has 23 heavy (non-hydrogen) atoms. The summed E-state index contributed by atoms with van der Waals surface area (Å²) in [6.07, 6.45) is 5.45. The minimum absolute atomic E-state index is 0.00359. The third-order valence-corrected chi connectivity index (χ3v) is 5.64. The molecule has 0 unspecified atom stereocenters. The van der Waals surface area contributed by atoms with E-state index in [1.807, 2.05) is 35.2 Å². The van der Waals surface area contributed by atoms with Crippen LogP contribution in [0.4, 0.5) is 0 Å². The zero-order valence-electron chi connectivity index (χ0n) is 13.5. The quantitative estimate of drug-likeness (QED) is 0.856. The molecule has 1 amide bonds. The summed E-state index contributed by atoms with van der Waals surface area (Å²) in [5, 5.41) is 1.05. The van der Waals surface area contributed by atoms with Gasteiger partial charge >= 0.3 is 0 Å². The molecule has 0 atom stereocenters. The summed E-state index contributed by atoms with van der Waals surface area (Å²) < 4.78 is 1.69. The maximum Gasteiger partial charge on any atom is 0.255 e. The normalized spacial score (nSPS) is 20.0. The average molecular weight is 310 g/mol. The van der Waals surface area contributed by atoms with Gasteiger partial charge in [0, 0.05) is 25.6 Å². The Morgan fingerprint density at radius 3 is 2.65 bits per heavy atom. The molecule has 4 rings (SSSR count). The van der Waals surface area contributed by atoms with E-state index in [0.717, 1.165) is 35.9 Å². The van der Waals surface area contributed by atoms with Crippen LogP contribution in [0.15, 0.2) is 35.1 Å². The van der Waals surface area contributed by atoms with Gasteiger partial charge in [0.25, 0.3) is 5.56 Å². The summed E-state index contributed by atoms with van der Waals surface area (Å²) in [6, 6.07) is 9.84. The predicted octanol–water partition coefficient (Wildman–Crippen LogP) is 2.83. The molecule has 0 radical (unpaired) electrons. The van der Waals surface area contributed by atoms with Crippen LogP contribution in [0, 0.1) is 5.41 Å². The number of carbonyl (C=O) groups excluding carboxylic acids is 1. The van der Waals surface area contributed by atoms with Gasteiger partial charge in [-0.1, -0.05) is 31.0 Å². The first-order chi connectivity index (χ1) is 11.1. The number of benzene rings is 1. The Bertz CT molecular complexity index is 831. The molecule has 1 aromatic heterocycles. The number of pyridine rings is 1. The summed E-state index contributed by atoms with van der Waals surface area (Å²) in [7, 11) is 1.80. The Morgan fingerprint density at radius 2 is 1.87 bits per heavy atom. The van der Waals surface area contributed by atoms with E-state index >= 15 is 0 Å². The molecule has 1 aliphatic carbocycles. The molecule has 120 valence electrons. The number of nitrogens with zero attached hydrogens (tertiary/aromatic N) is 2. The average Bonchev–Trinajstić information content (AvgIpc) is 3.11. The number of amides is 1. The fraction of sp³-hybridized carbons (Fsp3) is 0.474. The van der Waals surface area contributed by atoms with Gasteiger partial charge in [-0.3, -0.25) is 9.59 Å². The van der Waals surface area contributed by atoms with E-state index in [9.17, 15) is 9.59 Å². The van der Waals surface area contributed by atoms with Crippen LogP contribution in [-0.2, 0) is 18.4 Å².